The Hall–Kier alpha value is -2.06. The molecule has 0 aromatic heterocycles. The summed E-state index contributed by atoms with van der Waals surface area (Å²) in [6, 6.07) is 7.17. The number of anilines is 2. The van der Waals surface area contributed by atoms with Crippen molar-refractivity contribution < 1.29 is 9.59 Å². The third kappa shape index (κ3) is 5.44. The summed E-state index contributed by atoms with van der Waals surface area (Å²) >= 11 is 10.2. The summed E-state index contributed by atoms with van der Waals surface area (Å²) in [5.74, 6) is -0.434. The van der Waals surface area contributed by atoms with E-state index in [0.717, 1.165) is 0 Å². The monoisotopic (exact) mass is 324 g/mol. The highest BCUT2D eigenvalue weighted by molar-refractivity contribution is 7.80. The number of nitrogens with one attached hydrogen (secondary N) is 3. The molecule has 0 atom stereocenters. The molecule has 0 unspecified atom stereocenters. The van der Waals surface area contributed by atoms with Crippen LogP contribution in [0.5, 0.6) is 0 Å². The zero-order chi connectivity index (χ0) is 16.0. The van der Waals surface area contributed by atoms with Crippen molar-refractivity contribution in [2.24, 2.45) is 0 Å². The molecule has 3 N–H and O–H groups in total. The Labute approximate surface area is 133 Å². The van der Waals surface area contributed by atoms with Gasteiger partial charge in [0.1, 0.15) is 0 Å². The van der Waals surface area contributed by atoms with Crippen LogP contribution < -0.4 is 16.0 Å². The standard InChI is InChI=1S/C13H16N4O2S2/c1-8(18)14-12(20)15-10-6-4-5-7-11(10)16-13(21)17(3)9(2)19/h4-7H,1-3H3,(H,16,21)(H2,14,15,18,20). The summed E-state index contributed by atoms with van der Waals surface area (Å²) in [4.78, 5) is 23.5. The molecular formula is C13H16N4O2S2. The van der Waals surface area contributed by atoms with Gasteiger partial charge in [-0.1, -0.05) is 12.1 Å². The lowest BCUT2D eigenvalue weighted by Crippen LogP contribution is -2.35. The molecule has 0 bridgehead atoms. The van der Waals surface area contributed by atoms with Crippen molar-refractivity contribution in [2.75, 3.05) is 17.7 Å². The van der Waals surface area contributed by atoms with Crippen LogP contribution >= 0.6 is 24.4 Å². The van der Waals surface area contributed by atoms with Gasteiger partial charge in [-0.05, 0) is 36.6 Å². The van der Waals surface area contributed by atoms with Crippen molar-refractivity contribution in [1.82, 2.24) is 10.2 Å². The second kappa shape index (κ2) is 7.65. The van der Waals surface area contributed by atoms with E-state index in [-0.39, 0.29) is 22.0 Å². The molecule has 0 saturated carbocycles. The minimum absolute atomic E-state index is 0.174. The lowest BCUT2D eigenvalue weighted by atomic mass is 10.2. The van der Waals surface area contributed by atoms with Crippen LogP contribution in [0.2, 0.25) is 0 Å². The number of carbonyl (C=O) groups is 2. The van der Waals surface area contributed by atoms with Crippen LogP contribution in [0, 0.1) is 0 Å². The summed E-state index contributed by atoms with van der Waals surface area (Å²) in [6.45, 7) is 2.79. The summed E-state index contributed by atoms with van der Waals surface area (Å²) < 4.78 is 0. The fourth-order valence-corrected chi connectivity index (χ4v) is 1.85. The van der Waals surface area contributed by atoms with Crippen molar-refractivity contribution in [3.8, 4) is 0 Å². The largest absolute Gasteiger partial charge is 0.331 e. The molecule has 0 heterocycles. The van der Waals surface area contributed by atoms with Crippen LogP contribution in [0.15, 0.2) is 24.3 Å². The van der Waals surface area contributed by atoms with Gasteiger partial charge in [-0.25, -0.2) is 0 Å². The molecule has 6 nitrogen and oxygen atoms in total. The number of nitrogens with zero attached hydrogens (tertiary/aromatic N) is 1. The number of para-hydroxylation sites is 2. The van der Waals surface area contributed by atoms with E-state index >= 15 is 0 Å². The van der Waals surface area contributed by atoms with Crippen molar-refractivity contribution in [3.63, 3.8) is 0 Å². The Morgan fingerprint density at radius 1 is 1.05 bits per heavy atom. The first-order chi connectivity index (χ1) is 9.81. The normalized spacial score (nSPS) is 9.48. The van der Waals surface area contributed by atoms with Gasteiger partial charge in [0, 0.05) is 20.9 Å². The quantitative estimate of drug-likeness (QED) is 0.719. The SMILES string of the molecule is CC(=O)NC(=S)Nc1ccccc1NC(=S)N(C)C(C)=O. The second-order valence-electron chi connectivity index (χ2n) is 4.19. The second-order valence-corrected chi connectivity index (χ2v) is 4.98. The predicted octanol–water partition coefficient (Wildman–Crippen LogP) is 1.69. The number of hydrogen-bond donors (Lipinski definition) is 3. The molecule has 1 aromatic rings. The smallest absolute Gasteiger partial charge is 0.225 e. The van der Waals surface area contributed by atoms with Gasteiger partial charge in [0.15, 0.2) is 10.2 Å². The summed E-state index contributed by atoms with van der Waals surface area (Å²) in [5, 5.41) is 8.76. The Bertz CT molecular complexity index is 589. The van der Waals surface area contributed by atoms with Gasteiger partial charge >= 0.3 is 0 Å². The van der Waals surface area contributed by atoms with Gasteiger partial charge in [0.2, 0.25) is 11.8 Å². The highest BCUT2D eigenvalue weighted by atomic mass is 32.1. The summed E-state index contributed by atoms with van der Waals surface area (Å²) in [6.07, 6.45) is 0. The van der Waals surface area contributed by atoms with Crippen molar-refractivity contribution in [3.05, 3.63) is 24.3 Å². The van der Waals surface area contributed by atoms with Crippen LogP contribution in [0.1, 0.15) is 13.8 Å². The zero-order valence-electron chi connectivity index (χ0n) is 11.9. The highest BCUT2D eigenvalue weighted by Crippen LogP contribution is 2.21. The summed E-state index contributed by atoms with van der Waals surface area (Å²) in [7, 11) is 1.58. The van der Waals surface area contributed by atoms with Crippen LogP contribution in [0.3, 0.4) is 0 Å². The first kappa shape index (κ1) is 17.0. The molecule has 0 aliphatic heterocycles. The third-order valence-electron chi connectivity index (χ3n) is 2.48. The van der Waals surface area contributed by atoms with E-state index in [4.69, 9.17) is 24.4 Å². The Balaban J connectivity index is 2.84. The highest BCUT2D eigenvalue weighted by Gasteiger charge is 2.11. The van der Waals surface area contributed by atoms with Gasteiger partial charge in [-0.2, -0.15) is 0 Å². The first-order valence-electron chi connectivity index (χ1n) is 6.04. The van der Waals surface area contributed by atoms with Crippen LogP contribution in [-0.4, -0.2) is 34.0 Å². The first-order valence-corrected chi connectivity index (χ1v) is 6.85. The minimum Gasteiger partial charge on any atom is -0.331 e. The maximum atomic E-state index is 11.3. The molecule has 112 valence electrons. The average molecular weight is 324 g/mol. The molecule has 0 aliphatic carbocycles. The van der Waals surface area contributed by atoms with E-state index in [2.05, 4.69) is 16.0 Å². The minimum atomic E-state index is -0.259. The molecule has 1 rings (SSSR count). The molecule has 0 saturated heterocycles. The summed E-state index contributed by atoms with van der Waals surface area (Å²) in [5.41, 5.74) is 1.28. The maximum absolute atomic E-state index is 11.3. The maximum Gasteiger partial charge on any atom is 0.225 e. The van der Waals surface area contributed by atoms with Gasteiger partial charge in [0.05, 0.1) is 11.4 Å². The fraction of sp³-hybridized carbons (Fsp3) is 0.231. The molecule has 8 heteroatoms. The molecule has 0 fully saturated rings. The van der Waals surface area contributed by atoms with E-state index in [0.29, 0.717) is 11.4 Å². The Kier molecular flexibility index (Phi) is 6.19. The number of benzene rings is 1. The van der Waals surface area contributed by atoms with Crippen LogP contribution in [0.4, 0.5) is 11.4 Å². The number of thiocarbonyl (C=S) groups is 2. The topological polar surface area (TPSA) is 73.5 Å². The molecule has 0 aliphatic rings. The van der Waals surface area contributed by atoms with E-state index in [9.17, 15) is 9.59 Å². The Morgan fingerprint density at radius 2 is 1.57 bits per heavy atom. The molecule has 0 radical (unpaired) electrons. The molecule has 1 aromatic carbocycles. The molecular weight excluding hydrogens is 308 g/mol. The van der Waals surface area contributed by atoms with E-state index < -0.39 is 0 Å². The molecule has 2 amide bonds. The zero-order valence-corrected chi connectivity index (χ0v) is 13.5. The van der Waals surface area contributed by atoms with Crippen LogP contribution in [0.25, 0.3) is 0 Å². The third-order valence-corrected chi connectivity index (χ3v) is 3.06. The van der Waals surface area contributed by atoms with Gasteiger partial charge in [-0.3, -0.25) is 14.5 Å². The van der Waals surface area contributed by atoms with E-state index in [1.165, 1.54) is 18.7 Å². The van der Waals surface area contributed by atoms with Gasteiger partial charge < -0.3 is 16.0 Å². The molecule has 21 heavy (non-hydrogen) atoms. The molecule has 0 spiro atoms. The van der Waals surface area contributed by atoms with Crippen molar-refractivity contribution in [2.45, 2.75) is 13.8 Å². The average Bonchev–Trinajstić information content (AvgIpc) is 2.38. The lowest BCUT2D eigenvalue weighted by molar-refractivity contribution is -0.124. The van der Waals surface area contributed by atoms with E-state index in [1.54, 1.807) is 19.2 Å². The number of amides is 2. The van der Waals surface area contributed by atoms with Gasteiger partial charge in [0.25, 0.3) is 0 Å². The van der Waals surface area contributed by atoms with Gasteiger partial charge in [-0.15, -0.1) is 0 Å². The van der Waals surface area contributed by atoms with Crippen molar-refractivity contribution >= 4 is 57.8 Å². The number of hydrogen-bond acceptors (Lipinski definition) is 4. The lowest BCUT2D eigenvalue weighted by Gasteiger charge is -2.19. The van der Waals surface area contributed by atoms with Crippen molar-refractivity contribution in [1.29, 1.82) is 0 Å². The number of rotatable bonds is 2. The number of carbonyl (C=O) groups excluding carboxylic acids is 2. The van der Waals surface area contributed by atoms with Crippen LogP contribution in [-0.2, 0) is 9.59 Å². The predicted molar refractivity (Wildman–Crippen MR) is 91.1 cm³/mol. The Morgan fingerprint density at radius 3 is 2.05 bits per heavy atom. The fourth-order valence-electron chi connectivity index (χ4n) is 1.36. The van der Waals surface area contributed by atoms with E-state index in [1.807, 2.05) is 12.1 Å².